The lowest BCUT2D eigenvalue weighted by Crippen LogP contribution is -2.57. The first-order chi connectivity index (χ1) is 16.8. The van der Waals surface area contributed by atoms with Crippen molar-refractivity contribution in [2.75, 3.05) is 0 Å². The van der Waals surface area contributed by atoms with E-state index in [2.05, 4.69) is 31.4 Å². The van der Waals surface area contributed by atoms with E-state index in [1.165, 1.54) is 11.8 Å². The van der Waals surface area contributed by atoms with Gasteiger partial charge in [-0.1, -0.05) is 73.9 Å². The van der Waals surface area contributed by atoms with Gasteiger partial charge in [0.2, 0.25) is 11.0 Å². The molecule has 0 aromatic heterocycles. The Labute approximate surface area is 226 Å². The lowest BCUT2D eigenvalue weighted by Gasteiger charge is -2.42. The van der Waals surface area contributed by atoms with E-state index in [4.69, 9.17) is 23.2 Å². The summed E-state index contributed by atoms with van der Waals surface area (Å²) >= 11 is 14.0. The predicted octanol–water partition coefficient (Wildman–Crippen LogP) is 5.45. The number of amides is 1. The molecule has 4 atom stereocenters. The van der Waals surface area contributed by atoms with Gasteiger partial charge in [0, 0.05) is 32.9 Å². The minimum atomic E-state index is -0.963. The fraction of sp³-hybridized carbons (Fsp3) is 0.500. The van der Waals surface area contributed by atoms with Gasteiger partial charge in [0.1, 0.15) is 0 Å². The lowest BCUT2D eigenvalue weighted by atomic mass is 9.63. The summed E-state index contributed by atoms with van der Waals surface area (Å²) in [5, 5.41) is 18.1. The van der Waals surface area contributed by atoms with Crippen LogP contribution in [0.3, 0.4) is 0 Å². The Kier molecular flexibility index (Phi) is 6.53. The summed E-state index contributed by atoms with van der Waals surface area (Å²) in [7, 11) is 0. The molecule has 0 bridgehead atoms. The molecule has 3 N–H and O–H groups in total. The largest absolute Gasteiger partial charge is 0.390 e. The highest BCUT2D eigenvalue weighted by Crippen LogP contribution is 2.60. The van der Waals surface area contributed by atoms with E-state index in [-0.39, 0.29) is 28.5 Å². The van der Waals surface area contributed by atoms with Crippen LogP contribution >= 0.6 is 35.0 Å². The van der Waals surface area contributed by atoms with Crippen LogP contribution in [-0.4, -0.2) is 39.9 Å². The highest BCUT2D eigenvalue weighted by atomic mass is 35.5. The van der Waals surface area contributed by atoms with E-state index in [0.717, 1.165) is 16.0 Å². The Hall–Kier alpha value is -1.57. The molecule has 1 spiro atoms. The zero-order chi connectivity index (χ0) is 26.0. The van der Waals surface area contributed by atoms with Crippen molar-refractivity contribution in [2.45, 2.75) is 86.9 Å². The number of fused-ring (bicyclic) bond motifs is 2. The van der Waals surface area contributed by atoms with Crippen LogP contribution in [-0.2, 0) is 15.0 Å². The number of thioether (sulfide) groups is 1. The molecule has 36 heavy (non-hydrogen) atoms. The van der Waals surface area contributed by atoms with E-state index in [1.54, 1.807) is 13.0 Å². The molecule has 2 aliphatic heterocycles. The quantitative estimate of drug-likeness (QED) is 0.475. The molecule has 2 heterocycles. The van der Waals surface area contributed by atoms with Gasteiger partial charge in [0.15, 0.2) is 0 Å². The maximum atomic E-state index is 14.2. The molecule has 3 aliphatic rings. The van der Waals surface area contributed by atoms with Gasteiger partial charge in [-0.3, -0.25) is 9.59 Å². The predicted molar refractivity (Wildman–Crippen MR) is 145 cm³/mol. The number of halogens is 2. The molecule has 1 amide bonds. The average molecular weight is 548 g/mol. The van der Waals surface area contributed by atoms with E-state index in [1.807, 2.05) is 36.4 Å². The van der Waals surface area contributed by atoms with Crippen molar-refractivity contribution in [3.8, 4) is 0 Å². The molecule has 8 heteroatoms. The van der Waals surface area contributed by atoms with Crippen molar-refractivity contribution < 1.29 is 14.7 Å². The molecule has 5 rings (SSSR count). The Balaban J connectivity index is 1.66. The van der Waals surface area contributed by atoms with Gasteiger partial charge >= 0.3 is 0 Å². The topological polar surface area (TPSA) is 78.4 Å². The first-order valence-electron chi connectivity index (χ1n) is 12.4. The summed E-state index contributed by atoms with van der Waals surface area (Å²) in [4.78, 5) is 28.8. The van der Waals surface area contributed by atoms with Crippen LogP contribution in [0.15, 0.2) is 47.4 Å². The molecule has 192 valence electrons. The molecule has 0 radical (unpaired) electrons. The number of benzene rings is 2. The summed E-state index contributed by atoms with van der Waals surface area (Å²) in [5.74, 6) is -0.622. The number of aliphatic hydroxyl groups is 1. The minimum absolute atomic E-state index is 0.0216. The van der Waals surface area contributed by atoms with Gasteiger partial charge in [-0.2, -0.15) is 0 Å². The second-order valence-electron chi connectivity index (χ2n) is 12.0. The summed E-state index contributed by atoms with van der Waals surface area (Å²) < 4.78 is 0. The third-order valence-electron chi connectivity index (χ3n) is 7.71. The maximum Gasteiger partial charge on any atom is 0.238 e. The Morgan fingerprint density at radius 2 is 1.86 bits per heavy atom. The smallest absolute Gasteiger partial charge is 0.238 e. The molecule has 5 nitrogen and oxygen atoms in total. The molecule has 1 aliphatic carbocycles. The number of nitrogens with one attached hydrogen (secondary N) is 2. The van der Waals surface area contributed by atoms with Gasteiger partial charge in [0.25, 0.3) is 0 Å². The monoisotopic (exact) mass is 546 g/mol. The second-order valence-corrected chi connectivity index (χ2v) is 13.9. The molecule has 2 fully saturated rings. The molecule has 2 aromatic rings. The van der Waals surface area contributed by atoms with E-state index >= 15 is 0 Å². The summed E-state index contributed by atoms with van der Waals surface area (Å²) in [6, 6.07) is 12.1. The summed E-state index contributed by atoms with van der Waals surface area (Å²) in [6.45, 7) is 8.23. The van der Waals surface area contributed by atoms with Crippen molar-refractivity contribution in [3.05, 3.63) is 63.6 Å². The van der Waals surface area contributed by atoms with Crippen molar-refractivity contribution in [3.63, 3.8) is 0 Å². The zero-order valence-corrected chi connectivity index (χ0v) is 23.2. The highest BCUT2D eigenvalue weighted by Gasteiger charge is 2.65. The number of carbonyl (C=O) groups excluding carboxylic acids is 2. The molecule has 1 saturated carbocycles. The number of carbonyl (C=O) groups is 2. The van der Waals surface area contributed by atoms with Crippen LogP contribution in [0.2, 0.25) is 10.0 Å². The minimum Gasteiger partial charge on any atom is -0.390 e. The van der Waals surface area contributed by atoms with E-state index < -0.39 is 23.0 Å². The Morgan fingerprint density at radius 3 is 2.50 bits per heavy atom. The number of hydrogen-bond acceptors (Lipinski definition) is 5. The Morgan fingerprint density at radius 1 is 1.17 bits per heavy atom. The third kappa shape index (κ3) is 4.49. The van der Waals surface area contributed by atoms with Crippen LogP contribution in [0.4, 0.5) is 0 Å². The van der Waals surface area contributed by atoms with Crippen LogP contribution in [0.25, 0.3) is 0 Å². The molecule has 4 unspecified atom stereocenters. The van der Waals surface area contributed by atoms with Crippen LogP contribution in [0, 0.1) is 5.41 Å². The maximum absolute atomic E-state index is 14.2. The number of hydrogen-bond donors (Lipinski definition) is 3. The molecular weight excluding hydrogens is 515 g/mol. The first-order valence-corrected chi connectivity index (χ1v) is 13.9. The van der Waals surface area contributed by atoms with Gasteiger partial charge in [-0.05, 0) is 67.0 Å². The van der Waals surface area contributed by atoms with Crippen molar-refractivity contribution in [1.29, 1.82) is 0 Å². The highest BCUT2D eigenvalue weighted by molar-refractivity contribution is 8.14. The third-order valence-corrected chi connectivity index (χ3v) is 9.26. The van der Waals surface area contributed by atoms with Crippen molar-refractivity contribution >= 4 is 46.0 Å². The van der Waals surface area contributed by atoms with Gasteiger partial charge in [0.05, 0.1) is 17.1 Å². The average Bonchev–Trinajstić information content (AvgIpc) is 3.21. The standard InChI is InChI=1S/C28H32Cl2N2O3S/c1-26(2,3)14-21-28(19-9-8-17(30)11-20(19)36-25(28)34)22(15-6-5-7-16(29)10-15)23(32-21)24(33)31-18-12-27(4,35)13-18/h5-11,18,21-23,32,35H,12-14H2,1-4H3,(H,31,33). The second kappa shape index (κ2) is 9.02. The normalized spacial score (nSPS) is 33.5. The van der Waals surface area contributed by atoms with Crippen LogP contribution in [0.5, 0.6) is 0 Å². The van der Waals surface area contributed by atoms with Crippen LogP contribution in [0.1, 0.15) is 64.0 Å². The summed E-state index contributed by atoms with van der Waals surface area (Å²) in [6.07, 6.45) is 1.72. The molecular formula is C28H32Cl2N2O3S. The summed E-state index contributed by atoms with van der Waals surface area (Å²) in [5.41, 5.74) is -0.0451. The Bertz CT molecular complexity index is 1220. The van der Waals surface area contributed by atoms with Crippen molar-refractivity contribution in [1.82, 2.24) is 10.6 Å². The van der Waals surface area contributed by atoms with Gasteiger partial charge in [-0.15, -0.1) is 0 Å². The van der Waals surface area contributed by atoms with Crippen molar-refractivity contribution in [2.24, 2.45) is 5.41 Å². The lowest BCUT2D eigenvalue weighted by molar-refractivity contribution is -0.127. The van der Waals surface area contributed by atoms with Gasteiger partial charge in [-0.25, -0.2) is 0 Å². The number of rotatable bonds is 4. The van der Waals surface area contributed by atoms with E-state index in [0.29, 0.717) is 29.3 Å². The molecule has 2 aromatic carbocycles. The fourth-order valence-electron chi connectivity index (χ4n) is 6.37. The SMILES string of the molecule is CC(C)(C)CC1NC(C(=O)NC2CC(C)(O)C2)C(c2cccc(Cl)c2)C12C(=O)Sc1cc(Cl)ccc12. The van der Waals surface area contributed by atoms with E-state index in [9.17, 15) is 14.7 Å². The first kappa shape index (κ1) is 26.1. The van der Waals surface area contributed by atoms with Crippen LogP contribution < -0.4 is 10.6 Å². The zero-order valence-electron chi connectivity index (χ0n) is 20.9. The van der Waals surface area contributed by atoms with Gasteiger partial charge < -0.3 is 15.7 Å². The molecule has 1 saturated heterocycles. The fourth-order valence-corrected chi connectivity index (χ4v) is 8.09.